The standard InChI is InChI=1S/C22H26N2O9/c25-21(26)23-12-2-1-3-17-4-8-19(9-5-17)31-15-13-30-14-16-32-22(27)33-20-10-6-18(7-11-20)24(28)29/h4-11,23H,1-3,12-16H2,(H,25,26). The first-order chi connectivity index (χ1) is 15.9. The van der Waals surface area contributed by atoms with E-state index in [0.29, 0.717) is 25.5 Å². The number of carbonyl (C=O) groups excluding carboxylic acids is 1. The van der Waals surface area contributed by atoms with Gasteiger partial charge in [-0.05, 0) is 49.1 Å². The summed E-state index contributed by atoms with van der Waals surface area (Å²) >= 11 is 0. The summed E-state index contributed by atoms with van der Waals surface area (Å²) in [6.45, 7) is 1.23. The molecule has 0 fully saturated rings. The molecule has 0 saturated carbocycles. The molecule has 2 aromatic rings. The van der Waals surface area contributed by atoms with Crippen molar-refractivity contribution in [3.63, 3.8) is 0 Å². The van der Waals surface area contributed by atoms with E-state index in [9.17, 15) is 19.7 Å². The lowest BCUT2D eigenvalue weighted by atomic mass is 10.1. The summed E-state index contributed by atoms with van der Waals surface area (Å²) in [6, 6.07) is 12.7. The van der Waals surface area contributed by atoms with Gasteiger partial charge >= 0.3 is 12.2 Å². The van der Waals surface area contributed by atoms with Crippen molar-refractivity contribution in [3.8, 4) is 11.5 Å². The summed E-state index contributed by atoms with van der Waals surface area (Å²) in [5.41, 5.74) is 1.04. The molecule has 2 N–H and O–H groups in total. The number of nitro benzene ring substituents is 1. The summed E-state index contributed by atoms with van der Waals surface area (Å²) in [4.78, 5) is 32.0. The number of rotatable bonds is 14. The molecule has 1 amide bonds. The molecule has 0 aliphatic carbocycles. The Balaban J connectivity index is 1.50. The normalized spacial score (nSPS) is 10.3. The van der Waals surface area contributed by atoms with Gasteiger partial charge < -0.3 is 29.4 Å². The monoisotopic (exact) mass is 462 g/mol. The number of non-ortho nitro benzene ring substituents is 1. The summed E-state index contributed by atoms with van der Waals surface area (Å²) in [6.07, 6.45) is 0.590. The number of hydrogen-bond acceptors (Lipinski definition) is 8. The van der Waals surface area contributed by atoms with Gasteiger partial charge in [-0.15, -0.1) is 0 Å². The molecule has 0 bridgehead atoms. The topological polar surface area (TPSA) is 146 Å². The van der Waals surface area contributed by atoms with E-state index >= 15 is 0 Å². The Hall–Kier alpha value is -3.86. The third-order valence-corrected chi connectivity index (χ3v) is 4.28. The zero-order valence-electron chi connectivity index (χ0n) is 17.9. The fraction of sp³-hybridized carbons (Fsp3) is 0.364. The molecule has 0 aromatic heterocycles. The number of nitrogens with zero attached hydrogens (tertiary/aromatic N) is 1. The van der Waals surface area contributed by atoms with E-state index in [1.807, 2.05) is 24.3 Å². The van der Waals surface area contributed by atoms with E-state index in [1.165, 1.54) is 24.3 Å². The molecule has 0 saturated heterocycles. The Morgan fingerprint density at radius 3 is 2.24 bits per heavy atom. The number of carboxylic acid groups (broad SMARTS) is 1. The van der Waals surface area contributed by atoms with Gasteiger partial charge in [0.2, 0.25) is 0 Å². The molecule has 11 nitrogen and oxygen atoms in total. The predicted octanol–water partition coefficient (Wildman–Crippen LogP) is 3.80. The maximum Gasteiger partial charge on any atom is 0.513 e. The van der Waals surface area contributed by atoms with Gasteiger partial charge in [-0.2, -0.15) is 0 Å². The summed E-state index contributed by atoms with van der Waals surface area (Å²) in [5.74, 6) is 0.846. The van der Waals surface area contributed by atoms with E-state index in [0.717, 1.165) is 24.8 Å². The molecule has 0 heterocycles. The first kappa shape index (κ1) is 25.4. The minimum atomic E-state index is -1.00. The lowest BCUT2D eigenvalue weighted by molar-refractivity contribution is -0.384. The van der Waals surface area contributed by atoms with Gasteiger partial charge in [0.05, 0.1) is 18.1 Å². The molecule has 0 aliphatic rings. The van der Waals surface area contributed by atoms with Gasteiger partial charge in [0, 0.05) is 18.7 Å². The van der Waals surface area contributed by atoms with E-state index < -0.39 is 17.2 Å². The molecule has 0 radical (unpaired) electrons. The van der Waals surface area contributed by atoms with Gasteiger partial charge in [0.25, 0.3) is 5.69 Å². The quantitative estimate of drug-likeness (QED) is 0.141. The van der Waals surface area contributed by atoms with Crippen LogP contribution < -0.4 is 14.8 Å². The summed E-state index contributed by atoms with van der Waals surface area (Å²) in [7, 11) is 0. The van der Waals surface area contributed by atoms with Crippen molar-refractivity contribution < 1.29 is 38.6 Å². The van der Waals surface area contributed by atoms with Crippen LogP contribution in [-0.4, -0.2) is 55.3 Å². The van der Waals surface area contributed by atoms with Crippen LogP contribution >= 0.6 is 0 Å². The molecule has 11 heteroatoms. The third kappa shape index (κ3) is 10.8. The number of nitro groups is 1. The van der Waals surface area contributed by atoms with Crippen molar-refractivity contribution in [3.05, 3.63) is 64.2 Å². The molecule has 0 unspecified atom stereocenters. The summed E-state index contributed by atoms with van der Waals surface area (Å²) in [5, 5.41) is 21.4. The number of hydrogen-bond donors (Lipinski definition) is 2. The SMILES string of the molecule is O=C(O)NCCCCc1ccc(OCCOCCOC(=O)Oc2ccc([N+](=O)[O-])cc2)cc1. The predicted molar refractivity (Wildman–Crippen MR) is 117 cm³/mol. The molecule has 33 heavy (non-hydrogen) atoms. The first-order valence-electron chi connectivity index (χ1n) is 10.3. The van der Waals surface area contributed by atoms with Crippen molar-refractivity contribution >= 4 is 17.9 Å². The highest BCUT2D eigenvalue weighted by molar-refractivity contribution is 5.64. The van der Waals surface area contributed by atoms with E-state index in [-0.39, 0.29) is 24.7 Å². The van der Waals surface area contributed by atoms with Crippen LogP contribution in [0.15, 0.2) is 48.5 Å². The highest BCUT2D eigenvalue weighted by Crippen LogP contribution is 2.17. The zero-order chi connectivity index (χ0) is 23.9. The molecular formula is C22H26N2O9. The van der Waals surface area contributed by atoms with Crippen LogP contribution in [0.1, 0.15) is 18.4 Å². The minimum Gasteiger partial charge on any atom is -0.491 e. The molecule has 2 aromatic carbocycles. The lowest BCUT2D eigenvalue weighted by Gasteiger charge is -2.09. The molecule has 178 valence electrons. The number of ether oxygens (including phenoxy) is 4. The van der Waals surface area contributed by atoms with Crippen molar-refractivity contribution in [2.24, 2.45) is 0 Å². The zero-order valence-corrected chi connectivity index (χ0v) is 17.9. The third-order valence-electron chi connectivity index (χ3n) is 4.28. The van der Waals surface area contributed by atoms with Gasteiger partial charge in [-0.25, -0.2) is 9.59 Å². The molecular weight excluding hydrogens is 436 g/mol. The smallest absolute Gasteiger partial charge is 0.491 e. The summed E-state index contributed by atoms with van der Waals surface area (Å²) < 4.78 is 20.7. The molecule has 0 aliphatic heterocycles. The van der Waals surface area contributed by atoms with Crippen molar-refractivity contribution in [2.45, 2.75) is 19.3 Å². The number of aryl methyl sites for hydroxylation is 1. The fourth-order valence-electron chi connectivity index (χ4n) is 2.67. The van der Waals surface area contributed by atoms with Gasteiger partial charge in [-0.3, -0.25) is 10.1 Å². The Morgan fingerprint density at radius 2 is 1.58 bits per heavy atom. The molecule has 2 rings (SSSR count). The second-order valence-corrected chi connectivity index (χ2v) is 6.75. The van der Waals surface area contributed by atoms with Crippen LogP contribution in [0.5, 0.6) is 11.5 Å². The van der Waals surface area contributed by atoms with Gasteiger partial charge in [-0.1, -0.05) is 12.1 Å². The van der Waals surface area contributed by atoms with Crippen LogP contribution in [0.2, 0.25) is 0 Å². The number of carbonyl (C=O) groups is 2. The highest BCUT2D eigenvalue weighted by Gasteiger charge is 2.09. The Bertz CT molecular complexity index is 886. The fourth-order valence-corrected chi connectivity index (χ4v) is 2.67. The Labute approximate surface area is 190 Å². The van der Waals surface area contributed by atoms with E-state index in [2.05, 4.69) is 5.32 Å². The maximum atomic E-state index is 11.6. The van der Waals surface area contributed by atoms with Gasteiger partial charge in [0.1, 0.15) is 24.7 Å². The van der Waals surface area contributed by atoms with Gasteiger partial charge in [0.15, 0.2) is 0 Å². The second-order valence-electron chi connectivity index (χ2n) is 6.75. The minimum absolute atomic E-state index is 0.0114. The average molecular weight is 462 g/mol. The number of nitrogens with one attached hydrogen (secondary N) is 1. The lowest BCUT2D eigenvalue weighted by Crippen LogP contribution is -2.21. The maximum absolute atomic E-state index is 11.6. The van der Waals surface area contributed by atoms with Crippen LogP contribution in [-0.2, 0) is 15.9 Å². The van der Waals surface area contributed by atoms with E-state index in [4.69, 9.17) is 24.1 Å². The Morgan fingerprint density at radius 1 is 0.909 bits per heavy atom. The Kier molecular flexibility index (Phi) is 11.0. The van der Waals surface area contributed by atoms with Crippen LogP contribution in [0.3, 0.4) is 0 Å². The second kappa shape index (κ2) is 14.2. The van der Waals surface area contributed by atoms with Crippen LogP contribution in [0.4, 0.5) is 15.3 Å². The molecule has 0 spiro atoms. The van der Waals surface area contributed by atoms with E-state index in [1.54, 1.807) is 0 Å². The largest absolute Gasteiger partial charge is 0.513 e. The number of amides is 1. The highest BCUT2D eigenvalue weighted by atomic mass is 16.7. The number of unbranched alkanes of at least 4 members (excludes halogenated alkanes) is 1. The van der Waals surface area contributed by atoms with Crippen molar-refractivity contribution in [1.29, 1.82) is 0 Å². The molecule has 0 atom stereocenters. The number of benzene rings is 2. The average Bonchev–Trinajstić information content (AvgIpc) is 2.79. The van der Waals surface area contributed by atoms with Crippen LogP contribution in [0.25, 0.3) is 0 Å². The van der Waals surface area contributed by atoms with Crippen molar-refractivity contribution in [2.75, 3.05) is 33.0 Å². The van der Waals surface area contributed by atoms with Crippen molar-refractivity contribution in [1.82, 2.24) is 5.32 Å². The van der Waals surface area contributed by atoms with Crippen LogP contribution in [0, 0.1) is 10.1 Å². The first-order valence-corrected chi connectivity index (χ1v) is 10.3.